The molecule has 0 aliphatic carbocycles. The molecule has 0 saturated carbocycles. The molecule has 0 radical (unpaired) electrons. The van der Waals surface area contributed by atoms with E-state index in [1.807, 2.05) is 6.92 Å². The monoisotopic (exact) mass is 303 g/mol. The molecule has 6 heteroatoms. The van der Waals surface area contributed by atoms with E-state index < -0.39 is 0 Å². The topological polar surface area (TPSA) is 69.7 Å². The Balaban J connectivity index is 2.04. The summed E-state index contributed by atoms with van der Waals surface area (Å²) in [6.07, 6.45) is 0.404. The third kappa shape index (κ3) is 3.63. The van der Waals surface area contributed by atoms with Gasteiger partial charge in [0.2, 0.25) is 5.91 Å². The zero-order chi connectivity index (χ0) is 16.3. The van der Waals surface area contributed by atoms with Crippen molar-refractivity contribution in [3.8, 4) is 0 Å². The van der Waals surface area contributed by atoms with Crippen LogP contribution in [0.2, 0.25) is 0 Å². The van der Waals surface area contributed by atoms with Crippen LogP contribution >= 0.6 is 0 Å². The Kier molecular flexibility index (Phi) is 4.80. The molecule has 6 nitrogen and oxygen atoms in total. The van der Waals surface area contributed by atoms with E-state index in [-0.39, 0.29) is 23.6 Å². The minimum absolute atomic E-state index is 0.0770. The Labute approximate surface area is 130 Å². The summed E-state index contributed by atoms with van der Waals surface area (Å²) in [5.41, 5.74) is 1.34. The summed E-state index contributed by atoms with van der Waals surface area (Å²) in [6, 6.07) is 6.89. The van der Waals surface area contributed by atoms with Crippen LogP contribution in [0.4, 0.5) is 16.2 Å². The van der Waals surface area contributed by atoms with Gasteiger partial charge in [-0.3, -0.25) is 9.59 Å². The van der Waals surface area contributed by atoms with Crippen molar-refractivity contribution >= 4 is 29.1 Å². The molecule has 22 heavy (non-hydrogen) atoms. The van der Waals surface area contributed by atoms with Gasteiger partial charge in [0.25, 0.3) is 0 Å². The van der Waals surface area contributed by atoms with Gasteiger partial charge in [0.05, 0.1) is 0 Å². The number of benzene rings is 1. The molecule has 3 amide bonds. The number of rotatable bonds is 2. The van der Waals surface area contributed by atoms with Gasteiger partial charge in [0.15, 0.2) is 0 Å². The highest BCUT2D eigenvalue weighted by Gasteiger charge is 2.26. The van der Waals surface area contributed by atoms with Gasteiger partial charge in [-0.15, -0.1) is 0 Å². The molecule has 0 bridgehead atoms. The van der Waals surface area contributed by atoms with Crippen LogP contribution in [0.1, 0.15) is 20.3 Å². The SMILES string of the molecule is CC(=O)N(C)c1cccc(NC(=O)N2CCC(=O)[C@@H](C)C2)c1. The largest absolute Gasteiger partial charge is 0.323 e. The maximum Gasteiger partial charge on any atom is 0.321 e. The van der Waals surface area contributed by atoms with Crippen LogP contribution in [0.15, 0.2) is 24.3 Å². The number of hydrogen-bond acceptors (Lipinski definition) is 3. The number of carbonyl (C=O) groups excluding carboxylic acids is 3. The molecule has 2 rings (SSSR count). The molecule has 0 aromatic heterocycles. The van der Waals surface area contributed by atoms with Crippen molar-refractivity contribution in [2.45, 2.75) is 20.3 Å². The molecule has 1 fully saturated rings. The van der Waals surface area contributed by atoms with Crippen LogP contribution in [0.3, 0.4) is 0 Å². The molecular weight excluding hydrogens is 282 g/mol. The molecular formula is C16H21N3O3. The molecule has 1 aromatic rings. The lowest BCUT2D eigenvalue weighted by atomic mass is 9.99. The van der Waals surface area contributed by atoms with Crippen LogP contribution in [0.25, 0.3) is 0 Å². The van der Waals surface area contributed by atoms with E-state index in [0.29, 0.717) is 30.9 Å². The highest BCUT2D eigenvalue weighted by molar-refractivity contribution is 5.94. The molecule has 1 aliphatic rings. The average Bonchev–Trinajstić information content (AvgIpc) is 2.49. The van der Waals surface area contributed by atoms with Crippen LogP contribution in [0.5, 0.6) is 0 Å². The van der Waals surface area contributed by atoms with E-state index in [1.54, 1.807) is 36.2 Å². The molecule has 0 unspecified atom stereocenters. The fourth-order valence-corrected chi connectivity index (χ4v) is 2.38. The third-order valence-corrected chi connectivity index (χ3v) is 3.92. The highest BCUT2D eigenvalue weighted by atomic mass is 16.2. The molecule has 1 heterocycles. The van der Waals surface area contributed by atoms with Crippen molar-refractivity contribution in [3.63, 3.8) is 0 Å². The van der Waals surface area contributed by atoms with Gasteiger partial charge < -0.3 is 15.1 Å². The zero-order valence-electron chi connectivity index (χ0n) is 13.1. The summed E-state index contributed by atoms with van der Waals surface area (Å²) >= 11 is 0. The lowest BCUT2D eigenvalue weighted by Crippen LogP contribution is -2.45. The summed E-state index contributed by atoms with van der Waals surface area (Å²) in [6.45, 7) is 4.21. The minimum atomic E-state index is -0.220. The Morgan fingerprint density at radius 1 is 1.36 bits per heavy atom. The second kappa shape index (κ2) is 6.60. The summed E-state index contributed by atoms with van der Waals surface area (Å²) in [4.78, 5) is 38.3. The van der Waals surface area contributed by atoms with E-state index in [0.717, 1.165) is 0 Å². The number of urea groups is 1. The van der Waals surface area contributed by atoms with Gasteiger partial charge in [0.1, 0.15) is 5.78 Å². The normalized spacial score (nSPS) is 18.0. The molecule has 1 aromatic carbocycles. The number of nitrogens with one attached hydrogen (secondary N) is 1. The molecule has 1 N–H and O–H groups in total. The fourth-order valence-electron chi connectivity index (χ4n) is 2.38. The van der Waals surface area contributed by atoms with Gasteiger partial charge in [-0.2, -0.15) is 0 Å². The second-order valence-electron chi connectivity index (χ2n) is 5.62. The predicted octanol–water partition coefficient (Wildman–Crippen LogP) is 2.11. The number of amides is 3. The fraction of sp³-hybridized carbons (Fsp3) is 0.438. The number of Topliss-reactive ketones (excluding diaryl/α,β-unsaturated/α-hetero) is 1. The molecule has 1 saturated heterocycles. The van der Waals surface area contributed by atoms with Crippen LogP contribution in [0, 0.1) is 5.92 Å². The van der Waals surface area contributed by atoms with Crippen molar-refractivity contribution in [2.24, 2.45) is 5.92 Å². The maximum absolute atomic E-state index is 12.3. The predicted molar refractivity (Wildman–Crippen MR) is 84.9 cm³/mol. The van der Waals surface area contributed by atoms with E-state index >= 15 is 0 Å². The number of ketones is 1. The van der Waals surface area contributed by atoms with Crippen molar-refractivity contribution in [1.82, 2.24) is 4.90 Å². The first-order chi connectivity index (χ1) is 10.4. The maximum atomic E-state index is 12.3. The van der Waals surface area contributed by atoms with Crippen molar-refractivity contribution in [2.75, 3.05) is 30.4 Å². The van der Waals surface area contributed by atoms with E-state index in [2.05, 4.69) is 5.32 Å². The lowest BCUT2D eigenvalue weighted by molar-refractivity contribution is -0.124. The molecule has 118 valence electrons. The van der Waals surface area contributed by atoms with Crippen LogP contribution in [-0.4, -0.2) is 42.8 Å². The average molecular weight is 303 g/mol. The first-order valence-electron chi connectivity index (χ1n) is 7.31. The standard InChI is InChI=1S/C16H21N3O3/c1-11-10-19(8-7-15(11)21)16(22)17-13-5-4-6-14(9-13)18(3)12(2)20/h4-6,9,11H,7-8,10H2,1-3H3,(H,17,22)/t11-/m0/s1. The number of hydrogen-bond donors (Lipinski definition) is 1. The number of likely N-dealkylation sites (tertiary alicyclic amines) is 1. The van der Waals surface area contributed by atoms with E-state index in [9.17, 15) is 14.4 Å². The van der Waals surface area contributed by atoms with Crippen molar-refractivity contribution in [3.05, 3.63) is 24.3 Å². The summed E-state index contributed by atoms with van der Waals surface area (Å²) in [5, 5.41) is 2.82. The molecule has 0 spiro atoms. The third-order valence-electron chi connectivity index (χ3n) is 3.92. The quantitative estimate of drug-likeness (QED) is 0.909. The first-order valence-corrected chi connectivity index (χ1v) is 7.31. The van der Waals surface area contributed by atoms with Gasteiger partial charge in [-0.05, 0) is 18.2 Å². The van der Waals surface area contributed by atoms with Crippen LogP contribution in [-0.2, 0) is 9.59 Å². The Morgan fingerprint density at radius 2 is 2.09 bits per heavy atom. The number of nitrogens with zero attached hydrogens (tertiary/aromatic N) is 2. The van der Waals surface area contributed by atoms with E-state index in [4.69, 9.17) is 0 Å². The first kappa shape index (κ1) is 16.0. The smallest absolute Gasteiger partial charge is 0.321 e. The Morgan fingerprint density at radius 3 is 2.73 bits per heavy atom. The van der Waals surface area contributed by atoms with Gasteiger partial charge in [-0.25, -0.2) is 4.79 Å². The second-order valence-corrected chi connectivity index (χ2v) is 5.62. The van der Waals surface area contributed by atoms with Crippen LogP contribution < -0.4 is 10.2 Å². The molecule has 1 aliphatic heterocycles. The molecule has 1 atom stereocenters. The van der Waals surface area contributed by atoms with E-state index in [1.165, 1.54) is 11.8 Å². The lowest BCUT2D eigenvalue weighted by Gasteiger charge is -2.30. The summed E-state index contributed by atoms with van der Waals surface area (Å²) < 4.78 is 0. The van der Waals surface area contributed by atoms with Gasteiger partial charge in [0, 0.05) is 50.8 Å². The van der Waals surface area contributed by atoms with Gasteiger partial charge in [-0.1, -0.05) is 13.0 Å². The minimum Gasteiger partial charge on any atom is -0.323 e. The summed E-state index contributed by atoms with van der Waals surface area (Å²) in [7, 11) is 1.68. The highest BCUT2D eigenvalue weighted by Crippen LogP contribution is 2.20. The number of carbonyl (C=O) groups is 3. The number of anilines is 2. The number of piperidine rings is 1. The zero-order valence-corrected chi connectivity index (χ0v) is 13.1. The summed E-state index contributed by atoms with van der Waals surface area (Å²) in [5.74, 6) is 0.00987. The Hall–Kier alpha value is -2.37. The van der Waals surface area contributed by atoms with Crippen molar-refractivity contribution in [1.29, 1.82) is 0 Å². The van der Waals surface area contributed by atoms with Crippen molar-refractivity contribution < 1.29 is 14.4 Å². The Bertz CT molecular complexity index is 600. The van der Waals surface area contributed by atoms with Gasteiger partial charge >= 0.3 is 6.03 Å².